The Bertz CT molecular complexity index is 1230. The molecule has 0 fully saturated rings. The summed E-state index contributed by atoms with van der Waals surface area (Å²) in [6.07, 6.45) is 3.77. The van der Waals surface area contributed by atoms with Gasteiger partial charge in [-0.1, -0.05) is 55.5 Å². The van der Waals surface area contributed by atoms with E-state index in [9.17, 15) is 14.3 Å². The molecule has 3 aromatic rings. The summed E-state index contributed by atoms with van der Waals surface area (Å²) in [5, 5.41) is 23.1. The topological polar surface area (TPSA) is 72.8 Å². The van der Waals surface area contributed by atoms with Crippen LogP contribution in [0.4, 0.5) is 4.39 Å². The highest BCUT2D eigenvalue weighted by Crippen LogP contribution is 2.30. The van der Waals surface area contributed by atoms with Crippen molar-refractivity contribution in [3.63, 3.8) is 0 Å². The lowest BCUT2D eigenvalue weighted by Gasteiger charge is -2.29. The molecule has 40 heavy (non-hydrogen) atoms. The predicted molar refractivity (Wildman–Crippen MR) is 163 cm³/mol. The number of nitrogens with zero attached hydrogens (tertiary/aromatic N) is 1. The molecular weight excluding hydrogens is 523 g/mol. The maximum atomic E-state index is 13.4. The number of likely N-dealkylation sites (N-methyl/N-ethyl adjacent to an activating group) is 1. The molecule has 0 aliphatic carbocycles. The van der Waals surface area contributed by atoms with Gasteiger partial charge in [0.05, 0.1) is 6.10 Å². The van der Waals surface area contributed by atoms with Crippen molar-refractivity contribution < 1.29 is 19.4 Å². The molecule has 0 aliphatic heterocycles. The summed E-state index contributed by atoms with van der Waals surface area (Å²) in [6.45, 7) is 7.46. The number of aryl methyl sites for hydroxylation is 3. The van der Waals surface area contributed by atoms with Gasteiger partial charge in [-0.3, -0.25) is 4.79 Å². The van der Waals surface area contributed by atoms with Gasteiger partial charge in [-0.05, 0) is 111 Å². The molecule has 7 heteroatoms. The quantitative estimate of drug-likeness (QED) is 0.166. The maximum Gasteiger partial charge on any atom is 0.303 e. The van der Waals surface area contributed by atoms with Crippen molar-refractivity contribution in [3.05, 3.63) is 89.2 Å². The van der Waals surface area contributed by atoms with Crippen LogP contribution in [0, 0.1) is 5.82 Å². The molecule has 216 valence electrons. The van der Waals surface area contributed by atoms with E-state index in [2.05, 4.69) is 60.7 Å². The van der Waals surface area contributed by atoms with Crippen molar-refractivity contribution in [3.8, 4) is 11.1 Å². The van der Waals surface area contributed by atoms with Crippen molar-refractivity contribution >= 4 is 17.9 Å². The summed E-state index contributed by atoms with van der Waals surface area (Å²) < 4.78 is 15.5. The van der Waals surface area contributed by atoms with Crippen LogP contribution in [0.5, 0.6) is 0 Å². The van der Waals surface area contributed by atoms with Crippen molar-refractivity contribution in [2.75, 3.05) is 20.1 Å². The second kappa shape index (κ2) is 15.3. The van der Waals surface area contributed by atoms with Crippen LogP contribution in [-0.4, -0.2) is 52.3 Å². The number of rotatable bonds is 16. The van der Waals surface area contributed by atoms with Crippen LogP contribution in [0.2, 0.25) is 0 Å². The highest BCUT2D eigenvalue weighted by Gasteiger charge is 2.19. The van der Waals surface area contributed by atoms with Gasteiger partial charge in [0, 0.05) is 29.9 Å². The molecule has 5 nitrogen and oxygen atoms in total. The zero-order valence-electron chi connectivity index (χ0n) is 24.1. The Kier molecular flexibility index (Phi) is 12.2. The van der Waals surface area contributed by atoms with Crippen molar-refractivity contribution in [1.82, 2.24) is 9.62 Å². The maximum absolute atomic E-state index is 13.4. The van der Waals surface area contributed by atoms with E-state index in [4.69, 9.17) is 5.11 Å². The Morgan fingerprint density at radius 3 is 2.42 bits per heavy atom. The molecule has 0 aliphatic rings. The molecule has 0 radical (unpaired) electrons. The van der Waals surface area contributed by atoms with E-state index in [-0.39, 0.29) is 17.8 Å². The molecule has 3 rings (SSSR count). The lowest BCUT2D eigenvalue weighted by atomic mass is 9.95. The summed E-state index contributed by atoms with van der Waals surface area (Å²) in [4.78, 5) is 12.0. The van der Waals surface area contributed by atoms with Crippen LogP contribution in [0.1, 0.15) is 56.7 Å². The first-order chi connectivity index (χ1) is 19.0. The third-order valence-electron chi connectivity index (χ3n) is 7.05. The van der Waals surface area contributed by atoms with E-state index in [0.29, 0.717) is 19.5 Å². The van der Waals surface area contributed by atoms with E-state index in [0.717, 1.165) is 47.9 Å². The Morgan fingerprint density at radius 2 is 1.75 bits per heavy atom. The molecule has 0 heterocycles. The van der Waals surface area contributed by atoms with Crippen LogP contribution >= 0.6 is 11.9 Å². The third kappa shape index (κ3) is 10.7. The number of nitrogens with one attached hydrogen (secondary N) is 1. The lowest BCUT2D eigenvalue weighted by Crippen LogP contribution is -2.45. The minimum absolute atomic E-state index is 0.125. The Balaban J connectivity index is 1.47. The summed E-state index contributed by atoms with van der Waals surface area (Å²) in [5.74, 6) is -0.973. The number of aliphatic hydroxyl groups is 1. The number of carbonyl (C=O) groups is 1. The highest BCUT2D eigenvalue weighted by molar-refractivity contribution is 7.97. The Labute approximate surface area is 243 Å². The fourth-order valence-corrected chi connectivity index (χ4v) is 5.75. The summed E-state index contributed by atoms with van der Waals surface area (Å²) in [6, 6.07) is 21.4. The first-order valence-corrected chi connectivity index (χ1v) is 14.8. The van der Waals surface area contributed by atoms with Gasteiger partial charge in [0.1, 0.15) is 5.82 Å². The SMILES string of the molecule is CCc1cc(-c2ccc(CCC(=O)O)cc2)ccc1SN(C)C[C@H](O)CNC(C)(C)CCCc1cccc(F)c1. The summed E-state index contributed by atoms with van der Waals surface area (Å²) in [7, 11) is 2.00. The average Bonchev–Trinajstić information content (AvgIpc) is 2.91. The first kappa shape index (κ1) is 31.8. The second-order valence-corrected chi connectivity index (χ2v) is 12.3. The predicted octanol–water partition coefficient (Wildman–Crippen LogP) is 6.76. The number of hydrogen-bond acceptors (Lipinski definition) is 5. The molecule has 0 bridgehead atoms. The number of aliphatic hydroxyl groups excluding tert-OH is 1. The monoisotopic (exact) mass is 566 g/mol. The normalized spacial score (nSPS) is 12.6. The number of carboxylic acid groups (broad SMARTS) is 1. The molecule has 0 amide bonds. The van der Waals surface area contributed by atoms with E-state index in [1.54, 1.807) is 24.1 Å². The van der Waals surface area contributed by atoms with E-state index in [1.165, 1.54) is 16.5 Å². The molecule has 3 aromatic carbocycles. The Hall–Kier alpha value is -2.71. The van der Waals surface area contributed by atoms with Crippen LogP contribution < -0.4 is 5.32 Å². The first-order valence-electron chi connectivity index (χ1n) is 14.1. The zero-order chi connectivity index (χ0) is 29.1. The molecule has 0 saturated heterocycles. The number of β-amino-alcohol motifs (C(OH)–C–C–N with tert-alkyl or cyclic N) is 1. The molecule has 0 saturated carbocycles. The zero-order valence-corrected chi connectivity index (χ0v) is 24.9. The van der Waals surface area contributed by atoms with Crippen LogP contribution in [0.3, 0.4) is 0 Å². The Morgan fingerprint density at radius 1 is 1.02 bits per heavy atom. The molecule has 0 spiro atoms. The van der Waals surface area contributed by atoms with Gasteiger partial charge >= 0.3 is 5.97 Å². The largest absolute Gasteiger partial charge is 0.481 e. The smallest absolute Gasteiger partial charge is 0.303 e. The number of halogens is 1. The van der Waals surface area contributed by atoms with Crippen molar-refractivity contribution in [2.24, 2.45) is 0 Å². The van der Waals surface area contributed by atoms with Gasteiger partial charge in [0.15, 0.2) is 0 Å². The van der Waals surface area contributed by atoms with Gasteiger partial charge in [-0.25, -0.2) is 8.70 Å². The minimum Gasteiger partial charge on any atom is -0.481 e. The fraction of sp³-hybridized carbons (Fsp3) is 0.424. The molecule has 3 N–H and O–H groups in total. The van der Waals surface area contributed by atoms with E-state index in [1.807, 2.05) is 25.2 Å². The second-order valence-electron chi connectivity index (χ2n) is 11.1. The van der Waals surface area contributed by atoms with Gasteiger partial charge < -0.3 is 15.5 Å². The standard InChI is InChI=1S/C33H43FN2O3S/c1-5-26-21-28(27-14-11-24(12-15-27)13-18-32(38)39)16-17-31(26)40-36(4)23-30(37)22-35-33(2,3)19-7-9-25-8-6-10-29(34)20-25/h6,8,10-12,14-17,20-21,30,35,37H,5,7,9,13,18-19,22-23H2,1-4H3,(H,38,39)/t30-/m1/s1. The average molecular weight is 567 g/mol. The van der Waals surface area contributed by atoms with Crippen LogP contribution in [0.15, 0.2) is 71.6 Å². The van der Waals surface area contributed by atoms with Crippen molar-refractivity contribution in [2.45, 2.75) is 75.8 Å². The van der Waals surface area contributed by atoms with E-state index < -0.39 is 12.1 Å². The fourth-order valence-electron chi connectivity index (χ4n) is 4.72. The molecule has 0 aromatic heterocycles. The van der Waals surface area contributed by atoms with Crippen LogP contribution in [0.25, 0.3) is 11.1 Å². The number of benzene rings is 3. The number of aliphatic carboxylic acids is 1. The molecule has 0 unspecified atom stereocenters. The lowest BCUT2D eigenvalue weighted by molar-refractivity contribution is -0.136. The van der Waals surface area contributed by atoms with Gasteiger partial charge in [0.25, 0.3) is 0 Å². The van der Waals surface area contributed by atoms with Gasteiger partial charge in [-0.15, -0.1) is 0 Å². The summed E-state index contributed by atoms with van der Waals surface area (Å²) in [5.41, 5.74) is 5.41. The minimum atomic E-state index is -0.781. The van der Waals surface area contributed by atoms with Crippen molar-refractivity contribution in [1.29, 1.82) is 0 Å². The van der Waals surface area contributed by atoms with Crippen LogP contribution in [-0.2, 0) is 24.1 Å². The molecule has 1 atom stereocenters. The van der Waals surface area contributed by atoms with E-state index >= 15 is 0 Å². The number of hydrogen-bond donors (Lipinski definition) is 3. The third-order valence-corrected chi connectivity index (χ3v) is 8.11. The highest BCUT2D eigenvalue weighted by atomic mass is 32.2. The number of carboxylic acids is 1. The molecular formula is C33H43FN2O3S. The summed E-state index contributed by atoms with van der Waals surface area (Å²) >= 11 is 1.64. The van der Waals surface area contributed by atoms with Gasteiger partial charge in [0.2, 0.25) is 0 Å². The van der Waals surface area contributed by atoms with Gasteiger partial charge in [-0.2, -0.15) is 0 Å².